The van der Waals surface area contributed by atoms with Crippen LogP contribution in [0.4, 0.5) is 11.5 Å². The maximum absolute atomic E-state index is 12.6. The van der Waals surface area contributed by atoms with E-state index in [1.54, 1.807) is 29.0 Å². The molecule has 41 heavy (non-hydrogen) atoms. The number of amides is 1. The van der Waals surface area contributed by atoms with E-state index in [9.17, 15) is 15.2 Å². The molecule has 0 saturated carbocycles. The van der Waals surface area contributed by atoms with E-state index >= 15 is 0 Å². The van der Waals surface area contributed by atoms with Crippen molar-refractivity contribution < 1.29 is 9.90 Å². The van der Waals surface area contributed by atoms with E-state index in [1.807, 2.05) is 37.5 Å². The van der Waals surface area contributed by atoms with Crippen molar-refractivity contribution in [1.29, 1.82) is 5.26 Å². The SMILES string of the molecule is CC1(O)CN(c2cc(-c3ccc(N4CCC(C)(CNC(=O)c5ncccc5Cl)CC4)nc3)c3c(C#N)cnn3c2)C1. The molecule has 2 aliphatic heterocycles. The molecule has 11 heteroatoms. The maximum atomic E-state index is 12.6. The third-order valence-electron chi connectivity index (χ3n) is 8.15. The molecule has 2 saturated heterocycles. The number of nitriles is 1. The Morgan fingerprint density at radius 2 is 1.93 bits per heavy atom. The minimum Gasteiger partial charge on any atom is -0.386 e. The first-order valence-corrected chi connectivity index (χ1v) is 14.0. The second-order valence-electron chi connectivity index (χ2n) is 11.6. The van der Waals surface area contributed by atoms with E-state index in [0.717, 1.165) is 54.1 Å². The molecule has 210 valence electrons. The van der Waals surface area contributed by atoms with Gasteiger partial charge in [0.2, 0.25) is 0 Å². The molecule has 2 fully saturated rings. The van der Waals surface area contributed by atoms with Gasteiger partial charge in [-0.1, -0.05) is 18.5 Å². The number of halogens is 1. The molecule has 4 aromatic rings. The molecule has 0 aromatic carbocycles. The summed E-state index contributed by atoms with van der Waals surface area (Å²) in [7, 11) is 0. The highest BCUT2D eigenvalue weighted by molar-refractivity contribution is 6.33. The molecule has 0 bridgehead atoms. The summed E-state index contributed by atoms with van der Waals surface area (Å²) in [6, 6.07) is 11.7. The summed E-state index contributed by atoms with van der Waals surface area (Å²) in [4.78, 5) is 25.8. The fraction of sp³-hybridized carbons (Fsp3) is 0.367. The van der Waals surface area contributed by atoms with Gasteiger partial charge in [-0.2, -0.15) is 10.4 Å². The normalized spacial score (nSPS) is 17.6. The highest BCUT2D eigenvalue weighted by atomic mass is 35.5. The van der Waals surface area contributed by atoms with Crippen molar-refractivity contribution in [3.05, 3.63) is 71.4 Å². The Morgan fingerprint density at radius 1 is 1.15 bits per heavy atom. The summed E-state index contributed by atoms with van der Waals surface area (Å²) in [5.41, 5.74) is 3.43. The van der Waals surface area contributed by atoms with Crippen LogP contribution in [0.25, 0.3) is 16.6 Å². The number of carbonyl (C=O) groups excluding carboxylic acids is 1. The Labute approximate surface area is 243 Å². The fourth-order valence-corrected chi connectivity index (χ4v) is 5.86. The second-order valence-corrected chi connectivity index (χ2v) is 12.1. The number of carbonyl (C=O) groups is 1. The summed E-state index contributed by atoms with van der Waals surface area (Å²) in [6.45, 7) is 7.27. The number of hydrogen-bond donors (Lipinski definition) is 2. The average molecular weight is 571 g/mol. The average Bonchev–Trinajstić information content (AvgIpc) is 3.38. The van der Waals surface area contributed by atoms with E-state index in [-0.39, 0.29) is 17.0 Å². The van der Waals surface area contributed by atoms with Gasteiger partial charge in [-0.3, -0.25) is 4.79 Å². The van der Waals surface area contributed by atoms with Crippen molar-refractivity contribution in [2.45, 2.75) is 32.3 Å². The molecule has 0 unspecified atom stereocenters. The van der Waals surface area contributed by atoms with Crippen LogP contribution < -0.4 is 15.1 Å². The zero-order valence-corrected chi connectivity index (χ0v) is 23.8. The number of hydrogen-bond acceptors (Lipinski definition) is 8. The molecule has 0 spiro atoms. The van der Waals surface area contributed by atoms with Gasteiger partial charge in [-0.25, -0.2) is 14.5 Å². The Balaban J connectivity index is 1.15. The maximum Gasteiger partial charge on any atom is 0.271 e. The minimum absolute atomic E-state index is 0.0450. The standard InChI is InChI=1S/C30H31ClN8O2/c1-29(17-35-28(40)26-24(31)4-3-9-33-26)7-10-37(11-8-29)25-6-5-20(14-34-25)23-12-22(38-18-30(2,41)19-38)16-39-27(23)21(13-32)15-36-39/h3-6,9,12,14-16,41H,7-8,10-11,17-19H2,1-2H3,(H,35,40). The number of nitrogens with zero attached hydrogens (tertiary/aromatic N) is 7. The summed E-state index contributed by atoms with van der Waals surface area (Å²) in [6.07, 6.45) is 8.68. The monoisotopic (exact) mass is 570 g/mol. The molecule has 2 aliphatic rings. The van der Waals surface area contributed by atoms with Crippen LogP contribution >= 0.6 is 11.6 Å². The smallest absolute Gasteiger partial charge is 0.271 e. The number of aromatic nitrogens is 4. The molecule has 0 atom stereocenters. The predicted molar refractivity (Wildman–Crippen MR) is 157 cm³/mol. The molecule has 2 N–H and O–H groups in total. The Hall–Kier alpha value is -4.20. The van der Waals surface area contributed by atoms with Crippen molar-refractivity contribution in [3.63, 3.8) is 0 Å². The molecular weight excluding hydrogens is 540 g/mol. The van der Waals surface area contributed by atoms with Gasteiger partial charge in [-0.15, -0.1) is 0 Å². The van der Waals surface area contributed by atoms with E-state index < -0.39 is 5.60 Å². The molecule has 0 aliphatic carbocycles. The van der Waals surface area contributed by atoms with E-state index in [4.69, 9.17) is 16.6 Å². The predicted octanol–water partition coefficient (Wildman–Crippen LogP) is 3.92. The van der Waals surface area contributed by atoms with Crippen molar-refractivity contribution in [2.75, 3.05) is 42.5 Å². The van der Waals surface area contributed by atoms with E-state index in [0.29, 0.717) is 30.2 Å². The second kappa shape index (κ2) is 10.3. The number of anilines is 2. The highest BCUT2D eigenvalue weighted by Crippen LogP contribution is 2.36. The summed E-state index contributed by atoms with van der Waals surface area (Å²) in [5.74, 6) is 0.631. The van der Waals surface area contributed by atoms with Gasteiger partial charge >= 0.3 is 0 Å². The Bertz CT molecular complexity index is 1640. The van der Waals surface area contributed by atoms with Crippen molar-refractivity contribution in [1.82, 2.24) is 24.9 Å². The number of aliphatic hydroxyl groups is 1. The van der Waals surface area contributed by atoms with Gasteiger partial charge in [0.05, 0.1) is 39.8 Å². The molecule has 4 aromatic heterocycles. The number of pyridine rings is 3. The summed E-state index contributed by atoms with van der Waals surface area (Å²) in [5, 5.41) is 27.7. The summed E-state index contributed by atoms with van der Waals surface area (Å²) < 4.78 is 1.73. The van der Waals surface area contributed by atoms with Crippen molar-refractivity contribution in [3.8, 4) is 17.2 Å². The minimum atomic E-state index is -0.705. The Kier molecular flexibility index (Phi) is 6.80. The van der Waals surface area contributed by atoms with Crippen molar-refractivity contribution in [2.24, 2.45) is 5.41 Å². The lowest BCUT2D eigenvalue weighted by Crippen LogP contribution is -2.60. The Morgan fingerprint density at radius 3 is 2.59 bits per heavy atom. The van der Waals surface area contributed by atoms with Crippen LogP contribution in [0.5, 0.6) is 0 Å². The number of piperidine rings is 1. The first-order valence-electron chi connectivity index (χ1n) is 13.6. The number of rotatable bonds is 6. The van der Waals surface area contributed by atoms with Gasteiger partial charge in [0.15, 0.2) is 0 Å². The fourth-order valence-electron chi connectivity index (χ4n) is 5.66. The van der Waals surface area contributed by atoms with Crippen LogP contribution in [0.1, 0.15) is 42.7 Å². The zero-order valence-electron chi connectivity index (χ0n) is 23.0. The van der Waals surface area contributed by atoms with Crippen LogP contribution in [0.2, 0.25) is 5.02 Å². The largest absolute Gasteiger partial charge is 0.386 e. The van der Waals surface area contributed by atoms with Crippen LogP contribution in [-0.2, 0) is 0 Å². The lowest BCUT2D eigenvalue weighted by Gasteiger charge is -2.45. The molecule has 10 nitrogen and oxygen atoms in total. The molecule has 1 amide bonds. The first-order chi connectivity index (χ1) is 19.6. The third-order valence-corrected chi connectivity index (χ3v) is 8.45. The van der Waals surface area contributed by atoms with Crippen molar-refractivity contribution >= 4 is 34.5 Å². The summed E-state index contributed by atoms with van der Waals surface area (Å²) >= 11 is 6.12. The van der Waals surface area contributed by atoms with Gasteiger partial charge in [0.1, 0.15) is 17.6 Å². The van der Waals surface area contributed by atoms with Gasteiger partial charge in [0, 0.05) is 56.2 Å². The van der Waals surface area contributed by atoms with Crippen LogP contribution in [0.15, 0.2) is 55.1 Å². The first kappa shape index (κ1) is 27.0. The molecular formula is C30H31ClN8O2. The van der Waals surface area contributed by atoms with Crippen LogP contribution in [0, 0.1) is 16.7 Å². The highest BCUT2D eigenvalue weighted by Gasteiger charge is 2.37. The topological polar surface area (TPSA) is 123 Å². The zero-order chi connectivity index (χ0) is 28.8. The molecule has 0 radical (unpaired) electrons. The van der Waals surface area contributed by atoms with E-state index in [1.165, 1.54) is 0 Å². The number of nitrogens with one attached hydrogen (secondary N) is 1. The van der Waals surface area contributed by atoms with Gasteiger partial charge < -0.3 is 20.2 Å². The van der Waals surface area contributed by atoms with Gasteiger partial charge in [0.25, 0.3) is 5.91 Å². The molecule has 6 heterocycles. The lowest BCUT2D eigenvalue weighted by atomic mass is 9.80. The quantitative estimate of drug-likeness (QED) is 0.357. The molecule has 6 rings (SSSR count). The van der Waals surface area contributed by atoms with Gasteiger partial charge in [-0.05, 0) is 55.5 Å². The third kappa shape index (κ3) is 5.31. The van der Waals surface area contributed by atoms with Crippen LogP contribution in [-0.4, -0.2) is 68.9 Å². The number of β-amino-alcohol motifs (C(OH)–C–C–N with tert-alkyl or cyclic N) is 1. The van der Waals surface area contributed by atoms with Crippen LogP contribution in [0.3, 0.4) is 0 Å². The number of fused-ring (bicyclic) bond motifs is 1. The lowest BCUT2D eigenvalue weighted by molar-refractivity contribution is 0.0310. The van der Waals surface area contributed by atoms with E-state index in [2.05, 4.69) is 38.2 Å².